The lowest BCUT2D eigenvalue weighted by Crippen LogP contribution is -2.09. The predicted octanol–water partition coefficient (Wildman–Crippen LogP) is 0.397. The number of allylic oxidation sites excluding steroid dienone is 1. The van der Waals surface area contributed by atoms with Crippen LogP contribution in [0.1, 0.15) is 16.8 Å². The first-order valence-corrected chi connectivity index (χ1v) is 4.75. The Labute approximate surface area is 93.4 Å². The average molecular weight is 218 g/mol. The van der Waals surface area contributed by atoms with Crippen LogP contribution < -0.4 is 0 Å². The van der Waals surface area contributed by atoms with Gasteiger partial charge in [0.15, 0.2) is 11.6 Å². The Balaban J connectivity index is 2.56. The molecule has 0 aliphatic rings. The van der Waals surface area contributed by atoms with Crippen LogP contribution in [-0.2, 0) is 4.79 Å². The fraction of sp³-hybridized carbons (Fsp3) is 0.0909. The van der Waals surface area contributed by atoms with Crippen molar-refractivity contribution in [2.24, 2.45) is 0 Å². The van der Waals surface area contributed by atoms with Crippen LogP contribution >= 0.6 is 0 Å². The number of hydrogen-bond donors (Lipinski definition) is 2. The molecule has 0 saturated heterocycles. The van der Waals surface area contributed by atoms with Gasteiger partial charge in [-0.1, -0.05) is 36.3 Å². The summed E-state index contributed by atoms with van der Waals surface area (Å²) in [7, 11) is -1.67. The molecule has 0 fully saturated rings. The van der Waals surface area contributed by atoms with Crippen LogP contribution in [0.2, 0.25) is 0 Å². The molecule has 0 aliphatic carbocycles. The molecule has 16 heavy (non-hydrogen) atoms. The number of rotatable bonds is 5. The molecule has 1 aromatic rings. The Morgan fingerprint density at radius 3 is 2.38 bits per heavy atom. The lowest BCUT2D eigenvalue weighted by molar-refractivity contribution is -0.113. The van der Waals surface area contributed by atoms with Crippen molar-refractivity contribution in [3.05, 3.63) is 47.9 Å². The Hall–Kier alpha value is -1.72. The first-order chi connectivity index (χ1) is 7.59. The molecule has 0 aromatic heterocycles. The van der Waals surface area contributed by atoms with Gasteiger partial charge in [0.25, 0.3) is 0 Å². The number of carbonyl (C=O) groups is 2. The molecular formula is C11H11BO4. The highest BCUT2D eigenvalue weighted by Gasteiger charge is 2.09. The van der Waals surface area contributed by atoms with Gasteiger partial charge in [0.1, 0.15) is 0 Å². The zero-order valence-corrected chi connectivity index (χ0v) is 8.54. The fourth-order valence-electron chi connectivity index (χ4n) is 1.14. The predicted molar refractivity (Wildman–Crippen MR) is 59.7 cm³/mol. The summed E-state index contributed by atoms with van der Waals surface area (Å²) in [6.45, 7) is 0. The lowest BCUT2D eigenvalue weighted by atomic mass is 9.91. The van der Waals surface area contributed by atoms with E-state index >= 15 is 0 Å². The van der Waals surface area contributed by atoms with Crippen molar-refractivity contribution >= 4 is 18.7 Å². The minimum Gasteiger partial charge on any atom is -0.424 e. The van der Waals surface area contributed by atoms with Crippen LogP contribution in [0.3, 0.4) is 0 Å². The maximum absolute atomic E-state index is 11.5. The van der Waals surface area contributed by atoms with Crippen LogP contribution in [0.15, 0.2) is 42.4 Å². The summed E-state index contributed by atoms with van der Waals surface area (Å²) in [4.78, 5) is 22.7. The van der Waals surface area contributed by atoms with Gasteiger partial charge in [-0.25, -0.2) is 0 Å². The Bertz CT molecular complexity index is 398. The molecule has 0 aliphatic heterocycles. The van der Waals surface area contributed by atoms with Crippen molar-refractivity contribution in [3.63, 3.8) is 0 Å². The molecule has 0 saturated carbocycles. The van der Waals surface area contributed by atoms with E-state index in [4.69, 9.17) is 10.0 Å². The minimum absolute atomic E-state index is 0.271. The Kier molecular flexibility index (Phi) is 4.63. The van der Waals surface area contributed by atoms with Gasteiger partial charge in [-0.05, 0) is 6.08 Å². The molecule has 0 bridgehead atoms. The van der Waals surface area contributed by atoms with Crippen molar-refractivity contribution in [2.45, 2.75) is 6.42 Å². The van der Waals surface area contributed by atoms with Gasteiger partial charge < -0.3 is 10.0 Å². The number of carbonyl (C=O) groups excluding carboxylic acids is 2. The molecule has 2 N–H and O–H groups in total. The van der Waals surface area contributed by atoms with E-state index in [9.17, 15) is 9.59 Å². The Morgan fingerprint density at radius 2 is 1.81 bits per heavy atom. The largest absolute Gasteiger partial charge is 0.480 e. The first-order valence-electron chi connectivity index (χ1n) is 4.75. The third kappa shape index (κ3) is 4.21. The van der Waals surface area contributed by atoms with E-state index in [2.05, 4.69) is 0 Å². The molecule has 4 nitrogen and oxygen atoms in total. The molecule has 82 valence electrons. The van der Waals surface area contributed by atoms with Crippen molar-refractivity contribution in [3.8, 4) is 0 Å². The number of benzene rings is 1. The highest BCUT2D eigenvalue weighted by atomic mass is 16.4. The van der Waals surface area contributed by atoms with Gasteiger partial charge in [-0.15, -0.1) is 0 Å². The van der Waals surface area contributed by atoms with E-state index in [0.717, 1.165) is 12.1 Å². The van der Waals surface area contributed by atoms with Gasteiger partial charge >= 0.3 is 7.12 Å². The van der Waals surface area contributed by atoms with Crippen molar-refractivity contribution < 1.29 is 19.6 Å². The summed E-state index contributed by atoms with van der Waals surface area (Å²) in [5.74, 6) is 0.172. The fourth-order valence-corrected chi connectivity index (χ4v) is 1.14. The highest BCUT2D eigenvalue weighted by molar-refractivity contribution is 6.48. The van der Waals surface area contributed by atoms with E-state index in [1.54, 1.807) is 30.3 Å². The Morgan fingerprint density at radius 1 is 1.19 bits per heavy atom. The van der Waals surface area contributed by atoms with Crippen LogP contribution in [0, 0.1) is 0 Å². The molecule has 0 unspecified atom stereocenters. The van der Waals surface area contributed by atoms with Crippen molar-refractivity contribution in [1.29, 1.82) is 0 Å². The van der Waals surface area contributed by atoms with Crippen LogP contribution in [0.5, 0.6) is 0 Å². The summed E-state index contributed by atoms with van der Waals surface area (Å²) in [6, 6.07) is 8.46. The van der Waals surface area contributed by atoms with Crippen LogP contribution in [0.4, 0.5) is 0 Å². The smallest absolute Gasteiger partial charge is 0.424 e. The van der Waals surface area contributed by atoms with E-state index in [1.165, 1.54) is 0 Å². The summed E-state index contributed by atoms with van der Waals surface area (Å²) in [5.41, 5.74) is 0.466. The van der Waals surface area contributed by atoms with E-state index < -0.39 is 12.9 Å². The summed E-state index contributed by atoms with van der Waals surface area (Å²) in [5, 5.41) is 17.0. The third-order valence-electron chi connectivity index (χ3n) is 1.88. The third-order valence-corrected chi connectivity index (χ3v) is 1.88. The molecule has 0 heterocycles. The summed E-state index contributed by atoms with van der Waals surface area (Å²) in [6.07, 6.45) is 0.721. The zero-order chi connectivity index (χ0) is 12.0. The van der Waals surface area contributed by atoms with Gasteiger partial charge in [-0.2, -0.15) is 0 Å². The van der Waals surface area contributed by atoms with Crippen molar-refractivity contribution in [1.82, 2.24) is 0 Å². The van der Waals surface area contributed by atoms with Gasteiger partial charge in [0, 0.05) is 5.56 Å². The summed E-state index contributed by atoms with van der Waals surface area (Å²) < 4.78 is 0. The monoisotopic (exact) mass is 218 g/mol. The molecule has 5 heteroatoms. The van der Waals surface area contributed by atoms with Gasteiger partial charge in [-0.3, -0.25) is 9.59 Å². The standard InChI is InChI=1S/C11H11BO4/c13-10(6-7-12(15)16)8-11(14)9-4-2-1-3-5-9/h1-7,15-16H,8H2/b7-6+. The van der Waals surface area contributed by atoms with Gasteiger partial charge in [0.05, 0.1) is 6.42 Å². The average Bonchev–Trinajstić information content (AvgIpc) is 2.27. The quantitative estimate of drug-likeness (QED) is 0.324. The first kappa shape index (κ1) is 12.4. The second-order valence-corrected chi connectivity index (χ2v) is 3.21. The van der Waals surface area contributed by atoms with Gasteiger partial charge in [0.2, 0.25) is 0 Å². The lowest BCUT2D eigenvalue weighted by Gasteiger charge is -1.97. The number of ketones is 2. The molecule has 0 amide bonds. The molecule has 0 spiro atoms. The maximum Gasteiger partial charge on any atom is 0.480 e. The normalized spacial score (nSPS) is 10.4. The van der Waals surface area contributed by atoms with E-state index in [1.807, 2.05) is 0 Å². The van der Waals surface area contributed by atoms with Crippen LogP contribution in [0.25, 0.3) is 0 Å². The topological polar surface area (TPSA) is 74.6 Å². The summed E-state index contributed by atoms with van der Waals surface area (Å²) >= 11 is 0. The molecular weight excluding hydrogens is 207 g/mol. The maximum atomic E-state index is 11.5. The number of hydrogen-bond acceptors (Lipinski definition) is 4. The highest BCUT2D eigenvalue weighted by Crippen LogP contribution is 2.03. The van der Waals surface area contributed by atoms with Crippen LogP contribution in [-0.4, -0.2) is 28.7 Å². The molecule has 0 atom stereocenters. The second kappa shape index (κ2) is 6.00. The molecule has 0 radical (unpaired) electrons. The minimum atomic E-state index is -1.67. The van der Waals surface area contributed by atoms with E-state index in [-0.39, 0.29) is 12.2 Å². The van der Waals surface area contributed by atoms with Crippen molar-refractivity contribution in [2.75, 3.05) is 0 Å². The second-order valence-electron chi connectivity index (χ2n) is 3.21. The molecule has 1 aromatic carbocycles. The molecule has 1 rings (SSSR count). The number of Topliss-reactive ketones (excluding diaryl/α,β-unsaturated/α-hetero) is 1. The van der Waals surface area contributed by atoms with E-state index in [0.29, 0.717) is 5.56 Å². The SMILES string of the molecule is O=C(/C=C/B(O)O)CC(=O)c1ccccc1. The zero-order valence-electron chi connectivity index (χ0n) is 8.54.